The highest BCUT2D eigenvalue weighted by Crippen LogP contribution is 2.22. The molecule has 0 spiro atoms. The molecule has 172 valence electrons. The fraction of sp³-hybridized carbons (Fsp3) is 0.200. The highest BCUT2D eigenvalue weighted by atomic mass is 16.5. The van der Waals surface area contributed by atoms with Crippen molar-refractivity contribution in [2.24, 2.45) is 0 Å². The van der Waals surface area contributed by atoms with Crippen molar-refractivity contribution in [2.45, 2.75) is 38.5 Å². The monoisotopic (exact) mass is 452 g/mol. The second-order valence-corrected chi connectivity index (χ2v) is 8.22. The zero-order valence-electron chi connectivity index (χ0n) is 19.1. The van der Waals surface area contributed by atoms with Crippen LogP contribution in [0.5, 0.6) is 11.5 Å². The van der Waals surface area contributed by atoms with Crippen molar-refractivity contribution >= 4 is 33.5 Å². The summed E-state index contributed by atoms with van der Waals surface area (Å²) in [5.41, 5.74) is 0. The molecule has 4 nitrogen and oxygen atoms in total. The summed E-state index contributed by atoms with van der Waals surface area (Å²) in [4.78, 5) is 24.2. The summed E-state index contributed by atoms with van der Waals surface area (Å²) in [6, 6.07) is 27.3. The van der Waals surface area contributed by atoms with Gasteiger partial charge in [0.2, 0.25) is 0 Å². The summed E-state index contributed by atoms with van der Waals surface area (Å²) in [7, 11) is 0. The van der Waals surface area contributed by atoms with E-state index in [1.165, 1.54) is 0 Å². The van der Waals surface area contributed by atoms with Crippen molar-refractivity contribution < 1.29 is 19.1 Å². The van der Waals surface area contributed by atoms with Crippen molar-refractivity contribution in [3.05, 3.63) is 97.1 Å². The Labute approximate surface area is 199 Å². The lowest BCUT2D eigenvalue weighted by atomic mass is 10.1. The van der Waals surface area contributed by atoms with Crippen LogP contribution in [0.3, 0.4) is 0 Å². The standard InChI is InChI=1S/C30H28O4/c31-29(33-27-19-17-23-11-7-9-13-25(23)21-27)15-5-3-1-2-4-6-16-30(32)34-28-20-18-24-12-8-10-14-26(24)22-28/h1-2,7-14,17-22H,3-6,15-16H2/b2-1-. The molecular formula is C30H28O4. The van der Waals surface area contributed by atoms with E-state index < -0.39 is 0 Å². The molecule has 0 fully saturated rings. The molecule has 0 heterocycles. The largest absolute Gasteiger partial charge is 0.427 e. The van der Waals surface area contributed by atoms with Crippen LogP contribution in [-0.2, 0) is 9.59 Å². The zero-order valence-corrected chi connectivity index (χ0v) is 19.1. The molecular weight excluding hydrogens is 424 g/mol. The van der Waals surface area contributed by atoms with Gasteiger partial charge < -0.3 is 9.47 Å². The van der Waals surface area contributed by atoms with Crippen molar-refractivity contribution in [3.8, 4) is 11.5 Å². The number of carbonyl (C=O) groups excluding carboxylic acids is 2. The Morgan fingerprint density at radius 3 is 1.41 bits per heavy atom. The van der Waals surface area contributed by atoms with Gasteiger partial charge in [-0.05, 0) is 71.5 Å². The van der Waals surface area contributed by atoms with Gasteiger partial charge in [0.25, 0.3) is 0 Å². The minimum absolute atomic E-state index is 0.222. The van der Waals surface area contributed by atoms with Crippen LogP contribution in [0.2, 0.25) is 0 Å². The Hall–Kier alpha value is -3.92. The predicted molar refractivity (Wildman–Crippen MR) is 136 cm³/mol. The molecule has 4 aromatic carbocycles. The van der Waals surface area contributed by atoms with Crippen LogP contribution in [0.25, 0.3) is 21.5 Å². The molecule has 0 aromatic heterocycles. The lowest BCUT2D eigenvalue weighted by Gasteiger charge is -2.05. The van der Waals surface area contributed by atoms with Crippen molar-refractivity contribution in [1.82, 2.24) is 0 Å². The maximum atomic E-state index is 12.1. The Morgan fingerprint density at radius 2 is 0.971 bits per heavy atom. The van der Waals surface area contributed by atoms with Crippen LogP contribution >= 0.6 is 0 Å². The average molecular weight is 453 g/mol. The lowest BCUT2D eigenvalue weighted by molar-refractivity contribution is -0.135. The van der Waals surface area contributed by atoms with Gasteiger partial charge in [-0.2, -0.15) is 0 Å². The van der Waals surface area contributed by atoms with Crippen molar-refractivity contribution in [2.75, 3.05) is 0 Å². The molecule has 0 radical (unpaired) electrons. The van der Waals surface area contributed by atoms with Gasteiger partial charge >= 0.3 is 11.9 Å². The van der Waals surface area contributed by atoms with E-state index in [9.17, 15) is 9.59 Å². The number of unbranched alkanes of at least 4 members (excludes halogenated alkanes) is 2. The Morgan fingerprint density at radius 1 is 0.559 bits per heavy atom. The number of carbonyl (C=O) groups is 2. The van der Waals surface area contributed by atoms with Crippen LogP contribution in [0, 0.1) is 0 Å². The molecule has 0 bridgehead atoms. The van der Waals surface area contributed by atoms with Gasteiger partial charge in [0.05, 0.1) is 0 Å². The van der Waals surface area contributed by atoms with Gasteiger partial charge in [0.15, 0.2) is 0 Å². The van der Waals surface area contributed by atoms with E-state index >= 15 is 0 Å². The van der Waals surface area contributed by atoms with E-state index in [1.54, 1.807) is 0 Å². The fourth-order valence-corrected chi connectivity index (χ4v) is 3.79. The highest BCUT2D eigenvalue weighted by molar-refractivity contribution is 5.85. The summed E-state index contributed by atoms with van der Waals surface area (Å²) in [5.74, 6) is 0.713. The van der Waals surface area contributed by atoms with Crippen molar-refractivity contribution in [3.63, 3.8) is 0 Å². The molecule has 0 aliphatic carbocycles. The summed E-state index contributed by atoms with van der Waals surface area (Å²) in [6.45, 7) is 0. The molecule has 4 heteroatoms. The third-order valence-electron chi connectivity index (χ3n) is 5.58. The Kier molecular flexibility index (Phi) is 8.07. The molecule has 0 unspecified atom stereocenters. The molecule has 0 amide bonds. The van der Waals surface area contributed by atoms with E-state index in [1.807, 2.05) is 84.9 Å². The maximum absolute atomic E-state index is 12.1. The topological polar surface area (TPSA) is 52.6 Å². The molecule has 34 heavy (non-hydrogen) atoms. The van der Waals surface area contributed by atoms with E-state index in [-0.39, 0.29) is 11.9 Å². The number of ether oxygens (including phenoxy) is 2. The van der Waals surface area contributed by atoms with Crippen LogP contribution < -0.4 is 9.47 Å². The van der Waals surface area contributed by atoms with Gasteiger partial charge in [-0.1, -0.05) is 72.8 Å². The first-order valence-corrected chi connectivity index (χ1v) is 11.7. The minimum atomic E-state index is -0.222. The first-order valence-electron chi connectivity index (χ1n) is 11.7. The Bertz CT molecular complexity index is 1200. The van der Waals surface area contributed by atoms with Crippen molar-refractivity contribution in [1.29, 1.82) is 0 Å². The molecule has 0 saturated carbocycles. The first kappa shape index (κ1) is 23.2. The molecule has 0 aliphatic heterocycles. The summed E-state index contributed by atoms with van der Waals surface area (Å²) < 4.78 is 10.9. The SMILES string of the molecule is O=C(CCC/C=C\CCCC(=O)Oc1ccc2ccccc2c1)Oc1ccc2ccccc2c1. The number of esters is 2. The number of allylic oxidation sites excluding steroid dienone is 2. The molecule has 0 atom stereocenters. The van der Waals surface area contributed by atoms with E-state index in [0.29, 0.717) is 24.3 Å². The number of rotatable bonds is 10. The van der Waals surface area contributed by atoms with Crippen LogP contribution in [0.1, 0.15) is 38.5 Å². The highest BCUT2D eigenvalue weighted by Gasteiger charge is 2.06. The summed E-state index contributed by atoms with van der Waals surface area (Å²) in [5, 5.41) is 4.34. The van der Waals surface area contributed by atoms with Gasteiger partial charge in [0.1, 0.15) is 11.5 Å². The normalized spacial score (nSPS) is 11.2. The average Bonchev–Trinajstić information content (AvgIpc) is 2.85. The lowest BCUT2D eigenvalue weighted by Crippen LogP contribution is -2.07. The Balaban J connectivity index is 1.09. The second-order valence-electron chi connectivity index (χ2n) is 8.22. The second kappa shape index (κ2) is 11.8. The zero-order chi connectivity index (χ0) is 23.6. The van der Waals surface area contributed by atoms with Crippen LogP contribution in [-0.4, -0.2) is 11.9 Å². The third-order valence-corrected chi connectivity index (χ3v) is 5.58. The first-order chi connectivity index (χ1) is 16.7. The smallest absolute Gasteiger partial charge is 0.311 e. The summed E-state index contributed by atoms with van der Waals surface area (Å²) >= 11 is 0. The predicted octanol–water partition coefficient (Wildman–Crippen LogP) is 7.40. The number of benzene rings is 4. The van der Waals surface area contributed by atoms with Gasteiger partial charge in [-0.3, -0.25) is 9.59 Å². The quantitative estimate of drug-likeness (QED) is 0.109. The van der Waals surface area contributed by atoms with E-state index in [0.717, 1.165) is 47.2 Å². The van der Waals surface area contributed by atoms with Gasteiger partial charge in [-0.25, -0.2) is 0 Å². The molecule has 0 aliphatic rings. The summed E-state index contributed by atoms with van der Waals surface area (Å²) in [6.07, 6.45) is 7.91. The third kappa shape index (κ3) is 6.79. The molecule has 0 saturated heterocycles. The van der Waals surface area contributed by atoms with Crippen LogP contribution in [0.15, 0.2) is 97.1 Å². The molecule has 4 rings (SSSR count). The van der Waals surface area contributed by atoms with Gasteiger partial charge in [0, 0.05) is 12.8 Å². The van der Waals surface area contributed by atoms with Gasteiger partial charge in [-0.15, -0.1) is 0 Å². The maximum Gasteiger partial charge on any atom is 0.311 e. The number of hydrogen-bond donors (Lipinski definition) is 0. The van der Waals surface area contributed by atoms with Crippen LogP contribution in [0.4, 0.5) is 0 Å². The fourth-order valence-electron chi connectivity index (χ4n) is 3.79. The van der Waals surface area contributed by atoms with E-state index in [4.69, 9.17) is 9.47 Å². The number of fused-ring (bicyclic) bond motifs is 2. The minimum Gasteiger partial charge on any atom is -0.427 e. The molecule has 4 aromatic rings. The van der Waals surface area contributed by atoms with E-state index in [2.05, 4.69) is 12.2 Å². The molecule has 0 N–H and O–H groups in total. The number of hydrogen-bond acceptors (Lipinski definition) is 4.